The quantitative estimate of drug-likeness (QED) is 0.230. The van der Waals surface area contributed by atoms with Gasteiger partial charge < -0.3 is 10.0 Å². The maximum Gasteiger partial charge on any atom is 0.488 e. The van der Waals surface area contributed by atoms with Gasteiger partial charge in [-0.15, -0.1) is 0 Å². The van der Waals surface area contributed by atoms with Gasteiger partial charge in [0.2, 0.25) is 0 Å². The highest BCUT2D eigenvalue weighted by Gasteiger charge is 2.07. The molecule has 0 aliphatic carbocycles. The fourth-order valence-corrected chi connectivity index (χ4v) is 3.89. The minimum absolute atomic E-state index is 0. The van der Waals surface area contributed by atoms with E-state index in [0.29, 0.717) is 5.46 Å². The predicted octanol–water partition coefficient (Wildman–Crippen LogP) is 6.90. The summed E-state index contributed by atoms with van der Waals surface area (Å²) in [4.78, 5) is 8.58. The van der Waals surface area contributed by atoms with Gasteiger partial charge in [0.05, 0.1) is 11.0 Å². The molecule has 0 saturated carbocycles. The molecule has 37 heavy (non-hydrogen) atoms. The van der Waals surface area contributed by atoms with Gasteiger partial charge in [0.15, 0.2) is 0 Å². The summed E-state index contributed by atoms with van der Waals surface area (Å²) in [5.74, 6) is 0. The number of nitrogens with zero attached hydrogens (tertiary/aromatic N) is 2. The fraction of sp³-hybridized carbons (Fsp3) is 0.0323. The van der Waals surface area contributed by atoms with E-state index in [0.717, 1.165) is 15.5 Å². The first-order valence-corrected chi connectivity index (χ1v) is 12.2. The van der Waals surface area contributed by atoms with Gasteiger partial charge in [-0.1, -0.05) is 114 Å². The van der Waals surface area contributed by atoms with Crippen LogP contribution >= 0.6 is 15.9 Å². The van der Waals surface area contributed by atoms with Crippen molar-refractivity contribution in [2.24, 2.45) is 0 Å². The van der Waals surface area contributed by atoms with Crippen LogP contribution < -0.4 is 5.46 Å². The Kier molecular flexibility index (Phi) is 10.5. The second-order valence-corrected chi connectivity index (χ2v) is 8.82. The Balaban J connectivity index is 0.000000160. The number of benzene rings is 4. The van der Waals surface area contributed by atoms with Crippen molar-refractivity contribution in [2.75, 3.05) is 0 Å². The van der Waals surface area contributed by atoms with Crippen LogP contribution in [0.15, 0.2) is 138 Å². The SMILES string of the molecule is Brc1ccc2cccnc2c1.C.OB(O)c1ccccc1.c1ccc(-c2ccc3cccnc3c2)cc1. The third-order valence-corrected chi connectivity index (χ3v) is 5.87. The van der Waals surface area contributed by atoms with Crippen LogP contribution in [-0.4, -0.2) is 27.1 Å². The zero-order valence-electron chi connectivity index (χ0n) is 19.4. The average molecular weight is 551 g/mol. The summed E-state index contributed by atoms with van der Waals surface area (Å²) in [5.41, 5.74) is 5.05. The molecular weight excluding hydrogens is 523 g/mol. The van der Waals surface area contributed by atoms with E-state index in [1.807, 2.05) is 48.7 Å². The molecule has 184 valence electrons. The second kappa shape index (κ2) is 14.0. The molecule has 0 aliphatic rings. The molecular formula is C31H28BBrN2O2. The number of hydrogen-bond acceptors (Lipinski definition) is 4. The van der Waals surface area contributed by atoms with E-state index in [9.17, 15) is 0 Å². The molecule has 0 amide bonds. The largest absolute Gasteiger partial charge is 0.488 e. The second-order valence-electron chi connectivity index (χ2n) is 7.90. The first-order chi connectivity index (χ1) is 17.6. The molecule has 6 heteroatoms. The lowest BCUT2D eigenvalue weighted by atomic mass is 9.81. The van der Waals surface area contributed by atoms with Crippen LogP contribution in [0.3, 0.4) is 0 Å². The van der Waals surface area contributed by atoms with Gasteiger partial charge in [-0.25, -0.2) is 0 Å². The molecule has 0 unspecified atom stereocenters. The molecule has 0 fully saturated rings. The minimum atomic E-state index is -1.34. The lowest BCUT2D eigenvalue weighted by Gasteiger charge is -2.02. The first kappa shape index (κ1) is 27.7. The van der Waals surface area contributed by atoms with Gasteiger partial charge in [-0.2, -0.15) is 0 Å². The lowest BCUT2D eigenvalue weighted by molar-refractivity contribution is 0.426. The van der Waals surface area contributed by atoms with Gasteiger partial charge in [0.25, 0.3) is 0 Å². The van der Waals surface area contributed by atoms with E-state index in [2.05, 4.69) is 80.5 Å². The maximum absolute atomic E-state index is 8.58. The van der Waals surface area contributed by atoms with E-state index >= 15 is 0 Å². The molecule has 0 aliphatic heterocycles. The van der Waals surface area contributed by atoms with Crippen LogP contribution in [0.4, 0.5) is 0 Å². The summed E-state index contributed by atoms with van der Waals surface area (Å²) in [7, 11) is -1.34. The standard InChI is InChI=1S/C15H11N.C9H6BrN.C6H7BO2.CH4/c1-2-5-12(6-3-1)14-9-8-13-7-4-10-16-15(13)11-14;10-8-4-3-7-2-1-5-11-9(7)6-8;8-7(9)6-4-2-1-3-5-6;/h1-11H;1-6H;1-5,8-9H;1H4. The Morgan fingerprint density at radius 3 is 1.65 bits per heavy atom. The number of pyridine rings is 2. The van der Waals surface area contributed by atoms with Gasteiger partial charge in [-0.05, 0) is 46.9 Å². The van der Waals surface area contributed by atoms with Crippen molar-refractivity contribution in [3.05, 3.63) is 138 Å². The van der Waals surface area contributed by atoms with E-state index in [4.69, 9.17) is 10.0 Å². The highest BCUT2D eigenvalue weighted by Crippen LogP contribution is 2.22. The molecule has 0 radical (unpaired) electrons. The van der Waals surface area contributed by atoms with Crippen LogP contribution in [0.25, 0.3) is 32.9 Å². The Bertz CT molecular complexity index is 1530. The number of aromatic nitrogens is 2. The minimum Gasteiger partial charge on any atom is -0.423 e. The molecule has 6 aromatic rings. The number of rotatable bonds is 2. The summed E-state index contributed by atoms with van der Waals surface area (Å²) in [6.07, 6.45) is 3.63. The maximum atomic E-state index is 8.58. The van der Waals surface area contributed by atoms with Crippen molar-refractivity contribution >= 4 is 50.3 Å². The molecule has 4 aromatic carbocycles. The van der Waals surface area contributed by atoms with Crippen LogP contribution in [0, 0.1) is 0 Å². The summed E-state index contributed by atoms with van der Waals surface area (Å²) in [5, 5.41) is 19.5. The van der Waals surface area contributed by atoms with Crippen LogP contribution in [-0.2, 0) is 0 Å². The van der Waals surface area contributed by atoms with E-state index in [-0.39, 0.29) is 7.43 Å². The zero-order valence-corrected chi connectivity index (χ0v) is 21.0. The van der Waals surface area contributed by atoms with Gasteiger partial charge in [0.1, 0.15) is 0 Å². The molecule has 0 bridgehead atoms. The fourth-order valence-electron chi connectivity index (χ4n) is 3.54. The van der Waals surface area contributed by atoms with Gasteiger partial charge >= 0.3 is 7.12 Å². The molecule has 0 spiro atoms. The number of hydrogen-bond donors (Lipinski definition) is 2. The summed E-state index contributed by atoms with van der Waals surface area (Å²) in [6.45, 7) is 0. The third-order valence-electron chi connectivity index (χ3n) is 5.38. The Labute approximate surface area is 226 Å². The van der Waals surface area contributed by atoms with Crippen molar-refractivity contribution in [3.63, 3.8) is 0 Å². The van der Waals surface area contributed by atoms with Crippen molar-refractivity contribution in [1.29, 1.82) is 0 Å². The van der Waals surface area contributed by atoms with Crippen molar-refractivity contribution in [1.82, 2.24) is 9.97 Å². The molecule has 0 atom stereocenters. The van der Waals surface area contributed by atoms with E-state index in [1.54, 1.807) is 30.5 Å². The summed E-state index contributed by atoms with van der Waals surface area (Å²) in [6, 6.07) is 39.5. The Hall–Kier alpha value is -3.84. The van der Waals surface area contributed by atoms with Crippen molar-refractivity contribution < 1.29 is 10.0 Å². The van der Waals surface area contributed by atoms with Gasteiger partial charge in [0, 0.05) is 27.6 Å². The Morgan fingerprint density at radius 2 is 1.08 bits per heavy atom. The zero-order chi connectivity index (χ0) is 25.2. The molecule has 2 aromatic heterocycles. The smallest absolute Gasteiger partial charge is 0.423 e. The van der Waals surface area contributed by atoms with Crippen LogP contribution in [0.5, 0.6) is 0 Å². The molecule has 2 N–H and O–H groups in total. The highest BCUT2D eigenvalue weighted by atomic mass is 79.9. The van der Waals surface area contributed by atoms with Gasteiger partial charge in [-0.3, -0.25) is 9.97 Å². The van der Waals surface area contributed by atoms with E-state index < -0.39 is 7.12 Å². The normalized spacial score (nSPS) is 9.81. The molecule has 4 nitrogen and oxygen atoms in total. The van der Waals surface area contributed by atoms with Crippen molar-refractivity contribution in [3.8, 4) is 11.1 Å². The topological polar surface area (TPSA) is 66.2 Å². The van der Waals surface area contributed by atoms with Crippen LogP contribution in [0.2, 0.25) is 0 Å². The van der Waals surface area contributed by atoms with E-state index in [1.165, 1.54) is 21.9 Å². The van der Waals surface area contributed by atoms with Crippen LogP contribution in [0.1, 0.15) is 7.43 Å². The molecule has 2 heterocycles. The summed E-state index contributed by atoms with van der Waals surface area (Å²) < 4.78 is 1.07. The predicted molar refractivity (Wildman–Crippen MR) is 160 cm³/mol. The molecule has 0 saturated heterocycles. The lowest BCUT2D eigenvalue weighted by Crippen LogP contribution is -2.29. The number of halogens is 1. The summed E-state index contributed by atoms with van der Waals surface area (Å²) >= 11 is 3.39. The third kappa shape index (κ3) is 8.09. The Morgan fingerprint density at radius 1 is 0.541 bits per heavy atom. The number of fused-ring (bicyclic) bond motifs is 2. The molecule has 6 rings (SSSR count). The monoisotopic (exact) mass is 550 g/mol. The highest BCUT2D eigenvalue weighted by molar-refractivity contribution is 9.10. The first-order valence-electron chi connectivity index (χ1n) is 11.4. The van der Waals surface area contributed by atoms with Crippen molar-refractivity contribution in [2.45, 2.75) is 7.43 Å². The average Bonchev–Trinajstić information content (AvgIpc) is 2.94.